The van der Waals surface area contributed by atoms with Crippen molar-refractivity contribution in [3.63, 3.8) is 0 Å². The van der Waals surface area contributed by atoms with Crippen molar-refractivity contribution in [1.29, 1.82) is 0 Å². The molecule has 0 atom stereocenters. The summed E-state index contributed by atoms with van der Waals surface area (Å²) in [6, 6.07) is 20.2. The Morgan fingerprint density at radius 1 is 0.955 bits per heavy atom. The number of nitrogens with one attached hydrogen (secondary N) is 1. The predicted octanol–water partition coefficient (Wildman–Crippen LogP) is 4.71. The molecule has 0 aliphatic heterocycles. The first-order chi connectivity index (χ1) is 10.6. The van der Waals surface area contributed by atoms with Crippen molar-refractivity contribution in [1.82, 2.24) is 4.98 Å². The van der Waals surface area contributed by atoms with Crippen LogP contribution in [0.1, 0.15) is 11.1 Å². The van der Waals surface area contributed by atoms with Crippen molar-refractivity contribution in [3.8, 4) is 0 Å². The van der Waals surface area contributed by atoms with Gasteiger partial charge >= 0.3 is 0 Å². The fourth-order valence-corrected chi connectivity index (χ4v) is 4.89. The van der Waals surface area contributed by atoms with E-state index in [0.717, 1.165) is 19.1 Å². The fraction of sp³-hybridized carbons (Fsp3) is 0.263. The Labute approximate surface area is 133 Å². The zero-order valence-corrected chi connectivity index (χ0v) is 14.3. The van der Waals surface area contributed by atoms with Crippen LogP contribution in [0.15, 0.2) is 60.8 Å². The molecule has 3 rings (SSSR count). The second-order valence-corrected chi connectivity index (χ2v) is 10.5. The zero-order chi connectivity index (χ0) is 15.4. The summed E-state index contributed by atoms with van der Waals surface area (Å²) < 4.78 is 6.28. The zero-order valence-electron chi connectivity index (χ0n) is 13.3. The molecular weight excluding hydrogens is 286 g/mol. The maximum Gasteiger partial charge on any atom is 0.191 e. The third-order valence-corrected chi connectivity index (χ3v) is 6.26. The fourth-order valence-electron chi connectivity index (χ4n) is 2.91. The monoisotopic (exact) mass is 309 g/mol. The number of para-hydroxylation sites is 1. The summed E-state index contributed by atoms with van der Waals surface area (Å²) in [7, 11) is -1.66. The van der Waals surface area contributed by atoms with Gasteiger partial charge in [-0.15, -0.1) is 0 Å². The summed E-state index contributed by atoms with van der Waals surface area (Å²) in [5.41, 5.74) is 3.93. The highest BCUT2D eigenvalue weighted by molar-refractivity contribution is 6.70. The van der Waals surface area contributed by atoms with Gasteiger partial charge in [0.15, 0.2) is 8.32 Å². The Balaban J connectivity index is 1.58. The average Bonchev–Trinajstić information content (AvgIpc) is 2.91. The summed E-state index contributed by atoms with van der Waals surface area (Å²) in [6.45, 7) is 5.40. The van der Waals surface area contributed by atoms with Crippen molar-refractivity contribution < 1.29 is 4.43 Å². The summed E-state index contributed by atoms with van der Waals surface area (Å²) in [4.78, 5) is 3.33. The summed E-state index contributed by atoms with van der Waals surface area (Å²) in [5, 5.41) is 1.31. The average molecular weight is 309 g/mol. The molecule has 0 radical (unpaired) electrons. The van der Waals surface area contributed by atoms with Gasteiger partial charge in [-0.05, 0) is 42.8 Å². The lowest BCUT2D eigenvalue weighted by atomic mass is 10.1. The van der Waals surface area contributed by atoms with Gasteiger partial charge in [-0.2, -0.15) is 0 Å². The van der Waals surface area contributed by atoms with Crippen LogP contribution < -0.4 is 0 Å². The molecule has 0 saturated heterocycles. The van der Waals surface area contributed by atoms with E-state index in [2.05, 4.69) is 78.9 Å². The van der Waals surface area contributed by atoms with E-state index >= 15 is 0 Å². The minimum Gasteiger partial charge on any atom is -0.417 e. The van der Waals surface area contributed by atoms with E-state index in [4.69, 9.17) is 4.43 Å². The first kappa shape index (κ1) is 15.1. The van der Waals surface area contributed by atoms with Gasteiger partial charge in [0.1, 0.15) is 0 Å². The smallest absolute Gasteiger partial charge is 0.191 e. The van der Waals surface area contributed by atoms with Crippen LogP contribution >= 0.6 is 0 Å². The van der Waals surface area contributed by atoms with Gasteiger partial charge < -0.3 is 9.41 Å². The third kappa shape index (κ3) is 3.67. The second-order valence-electron chi connectivity index (χ2n) is 6.38. The Hall–Kier alpha value is -1.84. The number of fused-ring (bicyclic) bond motifs is 1. The molecule has 3 heteroatoms. The van der Waals surface area contributed by atoms with Gasteiger partial charge in [-0.1, -0.05) is 48.5 Å². The number of hydrogen-bond acceptors (Lipinski definition) is 1. The van der Waals surface area contributed by atoms with Crippen molar-refractivity contribution in [2.75, 3.05) is 6.61 Å². The lowest BCUT2D eigenvalue weighted by Gasteiger charge is -2.23. The first-order valence-electron chi connectivity index (χ1n) is 7.87. The Bertz CT molecular complexity index is 733. The van der Waals surface area contributed by atoms with E-state index in [9.17, 15) is 0 Å². The van der Waals surface area contributed by atoms with Crippen molar-refractivity contribution in [2.24, 2.45) is 0 Å². The Kier molecular flexibility index (Phi) is 4.46. The molecule has 22 heavy (non-hydrogen) atoms. The van der Waals surface area contributed by atoms with Crippen LogP contribution in [0.4, 0.5) is 0 Å². The molecule has 2 nitrogen and oxygen atoms in total. The summed E-state index contributed by atoms with van der Waals surface area (Å²) in [6.07, 6.45) is 3.08. The molecular formula is C19H23NOSi. The third-order valence-electron chi connectivity index (χ3n) is 4.01. The minimum absolute atomic E-state index is 0.800. The lowest BCUT2D eigenvalue weighted by molar-refractivity contribution is 0.311. The highest BCUT2D eigenvalue weighted by atomic mass is 28.4. The van der Waals surface area contributed by atoms with E-state index in [1.807, 2.05) is 0 Å². The van der Waals surface area contributed by atoms with Crippen LogP contribution in [0, 0.1) is 0 Å². The lowest BCUT2D eigenvalue weighted by Crippen LogP contribution is -2.34. The maximum absolute atomic E-state index is 6.28. The van der Waals surface area contributed by atoms with Crippen molar-refractivity contribution >= 4 is 19.2 Å². The summed E-state index contributed by atoms with van der Waals surface area (Å²) >= 11 is 0. The van der Waals surface area contributed by atoms with E-state index in [1.165, 1.54) is 22.0 Å². The molecule has 0 bridgehead atoms. The Morgan fingerprint density at radius 2 is 1.68 bits per heavy atom. The molecule has 3 aromatic rings. The van der Waals surface area contributed by atoms with Crippen molar-refractivity contribution in [2.45, 2.75) is 25.6 Å². The SMILES string of the molecule is C[Si](C)(Cc1ccccc1)OCCc1c[nH]c2ccccc12. The second kappa shape index (κ2) is 6.51. The largest absolute Gasteiger partial charge is 0.417 e. The maximum atomic E-state index is 6.28. The molecule has 0 aliphatic rings. The molecule has 0 spiro atoms. The minimum atomic E-state index is -1.66. The van der Waals surface area contributed by atoms with Crippen LogP contribution in [-0.2, 0) is 16.9 Å². The van der Waals surface area contributed by atoms with Gasteiger partial charge in [0.2, 0.25) is 0 Å². The van der Waals surface area contributed by atoms with Crippen LogP contribution in [0.25, 0.3) is 10.9 Å². The first-order valence-corrected chi connectivity index (χ1v) is 11.0. The van der Waals surface area contributed by atoms with Gasteiger partial charge in [0, 0.05) is 23.7 Å². The van der Waals surface area contributed by atoms with E-state index in [1.54, 1.807) is 0 Å². The molecule has 0 aliphatic carbocycles. The van der Waals surface area contributed by atoms with Crippen LogP contribution in [0.3, 0.4) is 0 Å². The highest BCUT2D eigenvalue weighted by Crippen LogP contribution is 2.19. The topological polar surface area (TPSA) is 25.0 Å². The van der Waals surface area contributed by atoms with E-state index in [-0.39, 0.29) is 0 Å². The number of H-pyrrole nitrogens is 1. The van der Waals surface area contributed by atoms with Crippen molar-refractivity contribution in [3.05, 3.63) is 71.9 Å². The standard InChI is InChI=1S/C19H23NOSi/c1-22(2,15-16-8-4-3-5-9-16)21-13-12-17-14-20-19-11-7-6-10-18(17)19/h3-11,14,20H,12-13,15H2,1-2H3. The van der Waals surface area contributed by atoms with Gasteiger partial charge in [-0.3, -0.25) is 0 Å². The van der Waals surface area contributed by atoms with E-state index < -0.39 is 8.32 Å². The quantitative estimate of drug-likeness (QED) is 0.655. The van der Waals surface area contributed by atoms with Gasteiger partial charge in [0.05, 0.1) is 0 Å². The number of aromatic nitrogens is 1. The number of benzene rings is 2. The number of hydrogen-bond donors (Lipinski definition) is 1. The Morgan fingerprint density at radius 3 is 2.50 bits per heavy atom. The van der Waals surface area contributed by atoms with E-state index in [0.29, 0.717) is 0 Å². The van der Waals surface area contributed by atoms with Crippen LogP contribution in [-0.4, -0.2) is 19.9 Å². The van der Waals surface area contributed by atoms with Gasteiger partial charge in [-0.25, -0.2) is 0 Å². The molecule has 2 aromatic carbocycles. The summed E-state index contributed by atoms with van der Waals surface area (Å²) in [5.74, 6) is 0. The predicted molar refractivity (Wildman–Crippen MR) is 95.6 cm³/mol. The molecule has 1 N–H and O–H groups in total. The molecule has 114 valence electrons. The molecule has 0 unspecified atom stereocenters. The molecule has 0 fully saturated rings. The van der Waals surface area contributed by atoms with Gasteiger partial charge in [0.25, 0.3) is 0 Å². The highest BCUT2D eigenvalue weighted by Gasteiger charge is 2.22. The number of rotatable bonds is 6. The van der Waals surface area contributed by atoms with Crippen LogP contribution in [0.2, 0.25) is 13.1 Å². The molecule has 0 saturated carbocycles. The molecule has 1 aromatic heterocycles. The normalized spacial score (nSPS) is 11.9. The van der Waals surface area contributed by atoms with Crippen LogP contribution in [0.5, 0.6) is 0 Å². The number of aromatic amines is 1. The molecule has 0 amide bonds. The molecule has 1 heterocycles.